The quantitative estimate of drug-likeness (QED) is 0.785. The first-order valence-corrected chi connectivity index (χ1v) is 6.65. The number of aryl methyl sites for hydroxylation is 1. The topological polar surface area (TPSA) is 42.3 Å². The maximum absolute atomic E-state index is 12.7. The highest BCUT2D eigenvalue weighted by Crippen LogP contribution is 2.29. The third-order valence-corrected chi connectivity index (χ3v) is 3.76. The molecule has 0 saturated heterocycles. The number of hydrogen-bond acceptors (Lipinski definition) is 2. The summed E-state index contributed by atoms with van der Waals surface area (Å²) in [5.74, 6) is -0.0774. The van der Waals surface area contributed by atoms with Crippen molar-refractivity contribution >= 4 is 17.4 Å². The number of para-hydroxylation sites is 1. The average molecular weight is 268 g/mol. The van der Waals surface area contributed by atoms with Crippen molar-refractivity contribution < 1.29 is 9.59 Å². The summed E-state index contributed by atoms with van der Waals surface area (Å²) in [5, 5.41) is 0. The van der Waals surface area contributed by atoms with Crippen molar-refractivity contribution in [3.63, 3.8) is 0 Å². The van der Waals surface area contributed by atoms with Gasteiger partial charge in [-0.25, -0.2) is 0 Å². The van der Waals surface area contributed by atoms with Gasteiger partial charge in [-0.3, -0.25) is 9.59 Å². The normalized spacial score (nSPS) is 13.4. The number of anilines is 1. The predicted octanol–water partition coefficient (Wildman–Crippen LogP) is 2.43. The standard InChI is InChI=1S/C16H16N2O2/c1-11(19)13-9-15(17(2)10-13)16(20)18-8-7-12-5-3-4-6-14(12)18/h3-6,9-10H,7-8H2,1-2H3. The summed E-state index contributed by atoms with van der Waals surface area (Å²) in [5.41, 5.74) is 3.29. The second-order valence-electron chi connectivity index (χ2n) is 5.12. The van der Waals surface area contributed by atoms with Gasteiger partial charge in [0, 0.05) is 31.0 Å². The van der Waals surface area contributed by atoms with E-state index in [1.807, 2.05) is 18.2 Å². The Labute approximate surface area is 117 Å². The van der Waals surface area contributed by atoms with Crippen LogP contribution in [-0.4, -0.2) is 22.8 Å². The molecule has 102 valence electrons. The molecule has 2 aromatic rings. The smallest absolute Gasteiger partial charge is 0.274 e. The van der Waals surface area contributed by atoms with Crippen LogP contribution in [0, 0.1) is 0 Å². The second kappa shape index (κ2) is 4.63. The maximum Gasteiger partial charge on any atom is 0.274 e. The highest BCUT2D eigenvalue weighted by molar-refractivity contribution is 6.08. The molecule has 1 aromatic heterocycles. The molecule has 4 nitrogen and oxygen atoms in total. The van der Waals surface area contributed by atoms with Gasteiger partial charge in [-0.2, -0.15) is 0 Å². The van der Waals surface area contributed by atoms with Crippen molar-refractivity contribution in [3.05, 3.63) is 53.3 Å². The number of fused-ring (bicyclic) bond motifs is 1. The molecule has 4 heteroatoms. The third-order valence-electron chi connectivity index (χ3n) is 3.76. The van der Waals surface area contributed by atoms with Gasteiger partial charge >= 0.3 is 0 Å². The first-order chi connectivity index (χ1) is 9.58. The molecule has 0 aliphatic carbocycles. The van der Waals surface area contributed by atoms with Gasteiger partial charge < -0.3 is 9.47 Å². The van der Waals surface area contributed by atoms with Crippen LogP contribution < -0.4 is 4.90 Å². The molecule has 1 aliphatic heterocycles. The highest BCUT2D eigenvalue weighted by Gasteiger charge is 2.27. The Balaban J connectivity index is 1.97. The molecule has 20 heavy (non-hydrogen) atoms. The number of benzene rings is 1. The van der Waals surface area contributed by atoms with Gasteiger partial charge in [0.15, 0.2) is 5.78 Å². The van der Waals surface area contributed by atoms with Gasteiger partial charge in [-0.15, -0.1) is 0 Å². The van der Waals surface area contributed by atoms with Crippen LogP contribution in [0.4, 0.5) is 5.69 Å². The molecule has 0 atom stereocenters. The van der Waals surface area contributed by atoms with Crippen LogP contribution in [0.3, 0.4) is 0 Å². The second-order valence-corrected chi connectivity index (χ2v) is 5.12. The molecule has 0 spiro atoms. The van der Waals surface area contributed by atoms with Crippen LogP contribution >= 0.6 is 0 Å². The van der Waals surface area contributed by atoms with Gasteiger partial charge in [-0.05, 0) is 31.0 Å². The van der Waals surface area contributed by atoms with E-state index in [1.54, 1.807) is 28.8 Å². The number of carbonyl (C=O) groups excluding carboxylic acids is 2. The molecule has 0 fully saturated rings. The average Bonchev–Trinajstić information content (AvgIpc) is 3.01. The minimum Gasteiger partial charge on any atom is -0.346 e. The van der Waals surface area contributed by atoms with Crippen LogP contribution in [-0.2, 0) is 13.5 Å². The van der Waals surface area contributed by atoms with Crippen molar-refractivity contribution in [2.24, 2.45) is 7.05 Å². The molecule has 0 bridgehead atoms. The Bertz CT molecular complexity index is 700. The van der Waals surface area contributed by atoms with E-state index in [4.69, 9.17) is 0 Å². The first-order valence-electron chi connectivity index (χ1n) is 6.65. The Morgan fingerprint density at radius 3 is 2.65 bits per heavy atom. The summed E-state index contributed by atoms with van der Waals surface area (Å²) in [6.45, 7) is 2.20. The zero-order valence-corrected chi connectivity index (χ0v) is 11.6. The van der Waals surface area contributed by atoms with E-state index >= 15 is 0 Å². The molecule has 0 saturated carbocycles. The number of ketones is 1. The molecule has 1 amide bonds. The van der Waals surface area contributed by atoms with Gasteiger partial charge in [0.05, 0.1) is 0 Å². The van der Waals surface area contributed by atoms with Gasteiger partial charge in [0.25, 0.3) is 5.91 Å². The fourth-order valence-corrected chi connectivity index (χ4v) is 2.66. The van der Waals surface area contributed by atoms with Crippen LogP contribution in [0.1, 0.15) is 33.3 Å². The van der Waals surface area contributed by atoms with E-state index < -0.39 is 0 Å². The van der Waals surface area contributed by atoms with E-state index in [0.29, 0.717) is 17.8 Å². The molecule has 3 rings (SSSR count). The van der Waals surface area contributed by atoms with Gasteiger partial charge in [-0.1, -0.05) is 18.2 Å². The molecule has 0 unspecified atom stereocenters. The fourth-order valence-electron chi connectivity index (χ4n) is 2.66. The van der Waals surface area contributed by atoms with Crippen LogP contribution in [0.2, 0.25) is 0 Å². The minimum atomic E-state index is -0.0510. The Hall–Kier alpha value is -2.36. The number of rotatable bonds is 2. The molecule has 1 aliphatic rings. The summed E-state index contributed by atoms with van der Waals surface area (Å²) in [6.07, 6.45) is 2.59. The third kappa shape index (κ3) is 1.93. The number of Topliss-reactive ketones (excluding diaryl/α,β-unsaturated/α-hetero) is 1. The van der Waals surface area contributed by atoms with Gasteiger partial charge in [0.1, 0.15) is 5.69 Å². The van der Waals surface area contributed by atoms with Crippen molar-refractivity contribution in [1.29, 1.82) is 0 Å². The summed E-state index contributed by atoms with van der Waals surface area (Å²) in [7, 11) is 1.79. The van der Waals surface area contributed by atoms with Crippen molar-refractivity contribution in [2.75, 3.05) is 11.4 Å². The zero-order valence-electron chi connectivity index (χ0n) is 11.6. The van der Waals surface area contributed by atoms with Crippen LogP contribution in [0.5, 0.6) is 0 Å². The van der Waals surface area contributed by atoms with Crippen molar-refractivity contribution in [2.45, 2.75) is 13.3 Å². The lowest BCUT2D eigenvalue weighted by molar-refractivity contribution is 0.0981. The molecule has 0 N–H and O–H groups in total. The van der Waals surface area contributed by atoms with Crippen LogP contribution in [0.15, 0.2) is 36.5 Å². The SMILES string of the molecule is CC(=O)c1cc(C(=O)N2CCc3ccccc32)n(C)c1. The highest BCUT2D eigenvalue weighted by atomic mass is 16.2. The molecule has 0 radical (unpaired) electrons. The fraction of sp³-hybridized carbons (Fsp3) is 0.250. The lowest BCUT2D eigenvalue weighted by atomic mass is 10.2. The number of hydrogen-bond donors (Lipinski definition) is 0. The molecular weight excluding hydrogens is 252 g/mol. The van der Waals surface area contributed by atoms with E-state index in [9.17, 15) is 9.59 Å². The Morgan fingerprint density at radius 1 is 1.20 bits per heavy atom. The number of nitrogens with zero attached hydrogens (tertiary/aromatic N) is 2. The van der Waals surface area contributed by atoms with Crippen LogP contribution in [0.25, 0.3) is 0 Å². The van der Waals surface area contributed by atoms with E-state index in [2.05, 4.69) is 6.07 Å². The monoisotopic (exact) mass is 268 g/mol. The Morgan fingerprint density at radius 2 is 1.95 bits per heavy atom. The lowest BCUT2D eigenvalue weighted by Crippen LogP contribution is -2.30. The van der Waals surface area contributed by atoms with Crippen molar-refractivity contribution in [1.82, 2.24) is 4.57 Å². The largest absolute Gasteiger partial charge is 0.346 e. The molecule has 2 heterocycles. The summed E-state index contributed by atoms with van der Waals surface area (Å²) in [6, 6.07) is 9.62. The first kappa shape index (κ1) is 12.7. The molecular formula is C16H16N2O2. The Kier molecular flexibility index (Phi) is 2.93. The lowest BCUT2D eigenvalue weighted by Gasteiger charge is -2.17. The minimum absolute atomic E-state index is 0.0264. The summed E-state index contributed by atoms with van der Waals surface area (Å²) < 4.78 is 1.72. The van der Waals surface area contributed by atoms with Crippen molar-refractivity contribution in [3.8, 4) is 0 Å². The zero-order chi connectivity index (χ0) is 14.3. The molecule has 1 aromatic carbocycles. The van der Waals surface area contributed by atoms with E-state index in [0.717, 1.165) is 12.1 Å². The van der Waals surface area contributed by atoms with E-state index in [-0.39, 0.29) is 11.7 Å². The van der Waals surface area contributed by atoms with Gasteiger partial charge in [0.2, 0.25) is 0 Å². The summed E-state index contributed by atoms with van der Waals surface area (Å²) in [4.78, 5) is 25.9. The number of aromatic nitrogens is 1. The van der Waals surface area contributed by atoms with E-state index in [1.165, 1.54) is 12.5 Å². The number of carbonyl (C=O) groups is 2. The maximum atomic E-state index is 12.7. The number of amides is 1. The summed E-state index contributed by atoms with van der Waals surface area (Å²) >= 11 is 0. The predicted molar refractivity (Wildman–Crippen MR) is 77.2 cm³/mol.